The first-order chi connectivity index (χ1) is 9.43. The van der Waals surface area contributed by atoms with Gasteiger partial charge in [-0.2, -0.15) is 0 Å². The van der Waals surface area contributed by atoms with Gasteiger partial charge in [-0.3, -0.25) is 0 Å². The monoisotopic (exact) mass is 282 g/mol. The summed E-state index contributed by atoms with van der Waals surface area (Å²) < 4.78 is 5.26. The molecule has 1 aromatic carbocycles. The van der Waals surface area contributed by atoms with Gasteiger partial charge in [0.05, 0.1) is 6.10 Å². The third-order valence-corrected chi connectivity index (χ3v) is 2.49. The van der Waals surface area contributed by atoms with Crippen LogP contribution in [0.5, 0.6) is 5.75 Å². The molecule has 1 aromatic rings. The number of carboxylic acids is 1. The molecule has 2 amide bonds. The number of carbonyl (C=O) groups excluding carboxylic acids is 1. The van der Waals surface area contributed by atoms with Gasteiger partial charge in [-0.25, -0.2) is 9.59 Å². The molecule has 20 heavy (non-hydrogen) atoms. The van der Waals surface area contributed by atoms with Crippen molar-refractivity contribution in [2.75, 3.05) is 18.5 Å². The first kappa shape index (κ1) is 15.8. The number of urea groups is 1. The number of ether oxygens (including phenoxy) is 1. The summed E-state index contributed by atoms with van der Waals surface area (Å²) >= 11 is 0. The largest absolute Gasteiger partial charge is 0.507 e. The molecule has 0 saturated carbocycles. The number of hydrogen-bond donors (Lipinski definition) is 4. The van der Waals surface area contributed by atoms with Crippen LogP contribution >= 0.6 is 0 Å². The van der Waals surface area contributed by atoms with Gasteiger partial charge in [-0.05, 0) is 26.0 Å². The third-order valence-electron chi connectivity index (χ3n) is 2.49. The van der Waals surface area contributed by atoms with Crippen LogP contribution in [0.15, 0.2) is 18.2 Å². The van der Waals surface area contributed by atoms with E-state index in [2.05, 4.69) is 10.6 Å². The second kappa shape index (κ2) is 7.34. The number of phenols is 1. The van der Waals surface area contributed by atoms with Gasteiger partial charge in [0.25, 0.3) is 0 Å². The Morgan fingerprint density at radius 1 is 1.40 bits per heavy atom. The van der Waals surface area contributed by atoms with Crippen molar-refractivity contribution >= 4 is 17.7 Å². The first-order valence-electron chi connectivity index (χ1n) is 6.16. The van der Waals surface area contributed by atoms with Crippen molar-refractivity contribution in [2.45, 2.75) is 20.0 Å². The van der Waals surface area contributed by atoms with Crippen LogP contribution in [0.1, 0.15) is 24.2 Å². The highest BCUT2D eigenvalue weighted by atomic mass is 16.5. The highest BCUT2D eigenvalue weighted by molar-refractivity contribution is 5.93. The van der Waals surface area contributed by atoms with Crippen LogP contribution in [0.2, 0.25) is 0 Å². The molecule has 1 unspecified atom stereocenters. The number of hydrogen-bond acceptors (Lipinski definition) is 4. The van der Waals surface area contributed by atoms with E-state index in [-0.39, 0.29) is 11.7 Å². The lowest BCUT2D eigenvalue weighted by molar-refractivity contribution is 0.0693. The van der Waals surface area contributed by atoms with E-state index in [4.69, 9.17) is 9.84 Å². The van der Waals surface area contributed by atoms with Crippen molar-refractivity contribution in [3.63, 3.8) is 0 Å². The first-order valence-corrected chi connectivity index (χ1v) is 6.16. The van der Waals surface area contributed by atoms with Crippen LogP contribution in [0.3, 0.4) is 0 Å². The van der Waals surface area contributed by atoms with Crippen molar-refractivity contribution in [1.29, 1.82) is 0 Å². The molecule has 0 radical (unpaired) electrons. The fraction of sp³-hybridized carbons (Fsp3) is 0.385. The summed E-state index contributed by atoms with van der Waals surface area (Å²) in [5, 5.41) is 23.3. The predicted octanol–water partition coefficient (Wildman–Crippen LogP) is 1.64. The number of rotatable bonds is 6. The molecule has 0 aliphatic rings. The maximum absolute atomic E-state index is 11.6. The molecule has 0 aliphatic carbocycles. The smallest absolute Gasteiger partial charge is 0.339 e. The summed E-state index contributed by atoms with van der Waals surface area (Å²) in [5.74, 6) is -1.64. The van der Waals surface area contributed by atoms with Gasteiger partial charge in [0, 0.05) is 24.9 Å². The minimum atomic E-state index is -1.23. The van der Waals surface area contributed by atoms with E-state index in [1.54, 1.807) is 0 Å². The highest BCUT2D eigenvalue weighted by Crippen LogP contribution is 2.21. The van der Waals surface area contributed by atoms with Crippen molar-refractivity contribution < 1.29 is 24.5 Å². The third kappa shape index (κ3) is 4.77. The van der Waals surface area contributed by atoms with E-state index in [0.717, 1.165) is 0 Å². The molecule has 110 valence electrons. The van der Waals surface area contributed by atoms with Gasteiger partial charge in [-0.1, -0.05) is 0 Å². The molecule has 7 heteroatoms. The summed E-state index contributed by atoms with van der Waals surface area (Å²) in [4.78, 5) is 22.3. The summed E-state index contributed by atoms with van der Waals surface area (Å²) in [6, 6.07) is 3.33. The predicted molar refractivity (Wildman–Crippen MR) is 73.2 cm³/mol. The number of amides is 2. The van der Waals surface area contributed by atoms with Crippen LogP contribution in [-0.4, -0.2) is 41.5 Å². The highest BCUT2D eigenvalue weighted by Gasteiger charge is 2.11. The number of carboxylic acid groups (broad SMARTS) is 1. The molecule has 1 rings (SSSR count). The molecular weight excluding hydrogens is 264 g/mol. The molecule has 1 atom stereocenters. The standard InChI is InChI=1S/C13H18N2O5/c1-3-20-8(2)7-14-13(19)15-9-4-5-10(12(17)18)11(16)6-9/h4-6,8,16H,3,7H2,1-2H3,(H,17,18)(H2,14,15,19). The lowest BCUT2D eigenvalue weighted by atomic mass is 10.2. The molecule has 0 bridgehead atoms. The Hall–Kier alpha value is -2.28. The number of benzene rings is 1. The second-order valence-corrected chi connectivity index (χ2v) is 4.14. The maximum atomic E-state index is 11.6. The molecule has 4 N–H and O–H groups in total. The number of carbonyl (C=O) groups is 2. The molecule has 0 fully saturated rings. The minimum absolute atomic E-state index is 0.103. The van der Waals surface area contributed by atoms with Crippen LogP contribution in [0, 0.1) is 0 Å². The SMILES string of the molecule is CCOC(C)CNC(=O)Nc1ccc(C(=O)O)c(O)c1. The van der Waals surface area contributed by atoms with Gasteiger partial charge in [0.15, 0.2) is 0 Å². The zero-order chi connectivity index (χ0) is 15.1. The van der Waals surface area contributed by atoms with E-state index < -0.39 is 17.7 Å². The van der Waals surface area contributed by atoms with Crippen molar-refractivity contribution in [3.05, 3.63) is 23.8 Å². The van der Waals surface area contributed by atoms with Crippen LogP contribution in [-0.2, 0) is 4.74 Å². The van der Waals surface area contributed by atoms with Gasteiger partial charge < -0.3 is 25.6 Å². The van der Waals surface area contributed by atoms with E-state index in [0.29, 0.717) is 18.8 Å². The zero-order valence-corrected chi connectivity index (χ0v) is 11.3. The number of aromatic carboxylic acids is 1. The van der Waals surface area contributed by atoms with Crippen molar-refractivity contribution in [2.24, 2.45) is 0 Å². The normalized spacial score (nSPS) is 11.7. The minimum Gasteiger partial charge on any atom is -0.507 e. The second-order valence-electron chi connectivity index (χ2n) is 4.14. The average Bonchev–Trinajstić information content (AvgIpc) is 2.36. The van der Waals surface area contributed by atoms with E-state index in [1.165, 1.54) is 18.2 Å². The Balaban J connectivity index is 2.54. The molecule has 7 nitrogen and oxygen atoms in total. The number of nitrogens with one attached hydrogen (secondary N) is 2. The Bertz CT molecular complexity index is 490. The summed E-state index contributed by atoms with van der Waals surface area (Å²) in [6.45, 7) is 4.61. The van der Waals surface area contributed by atoms with Gasteiger partial charge >= 0.3 is 12.0 Å². The number of aromatic hydroxyl groups is 1. The van der Waals surface area contributed by atoms with Gasteiger partial charge in [-0.15, -0.1) is 0 Å². The molecule has 0 spiro atoms. The lowest BCUT2D eigenvalue weighted by Gasteiger charge is -2.13. The Labute approximate surface area is 116 Å². The molecule has 0 aromatic heterocycles. The Morgan fingerprint density at radius 3 is 2.65 bits per heavy atom. The Kier molecular flexibility index (Phi) is 5.79. The fourth-order valence-corrected chi connectivity index (χ4v) is 1.55. The van der Waals surface area contributed by atoms with E-state index in [9.17, 15) is 14.7 Å². The average molecular weight is 282 g/mol. The topological polar surface area (TPSA) is 108 Å². The van der Waals surface area contributed by atoms with Gasteiger partial charge in [0.1, 0.15) is 11.3 Å². The van der Waals surface area contributed by atoms with Crippen molar-refractivity contribution in [3.8, 4) is 5.75 Å². The van der Waals surface area contributed by atoms with Crippen molar-refractivity contribution in [1.82, 2.24) is 5.32 Å². The quantitative estimate of drug-likeness (QED) is 0.634. The van der Waals surface area contributed by atoms with E-state index >= 15 is 0 Å². The van der Waals surface area contributed by atoms with Crippen LogP contribution in [0.4, 0.5) is 10.5 Å². The molecule has 0 saturated heterocycles. The zero-order valence-electron chi connectivity index (χ0n) is 11.3. The summed E-state index contributed by atoms with van der Waals surface area (Å²) in [7, 11) is 0. The number of anilines is 1. The fourth-order valence-electron chi connectivity index (χ4n) is 1.55. The summed E-state index contributed by atoms with van der Waals surface area (Å²) in [5.41, 5.74) is 0.0787. The molecule has 0 heterocycles. The van der Waals surface area contributed by atoms with Crippen LogP contribution in [0.25, 0.3) is 0 Å². The van der Waals surface area contributed by atoms with Gasteiger partial charge in [0.2, 0.25) is 0 Å². The van der Waals surface area contributed by atoms with Crippen LogP contribution < -0.4 is 10.6 Å². The lowest BCUT2D eigenvalue weighted by Crippen LogP contribution is -2.35. The molecular formula is C13H18N2O5. The molecule has 0 aliphatic heterocycles. The Morgan fingerprint density at radius 2 is 2.10 bits per heavy atom. The summed E-state index contributed by atoms with van der Waals surface area (Å²) in [6.07, 6.45) is -0.103. The van der Waals surface area contributed by atoms with E-state index in [1.807, 2.05) is 13.8 Å². The maximum Gasteiger partial charge on any atom is 0.339 e.